The van der Waals surface area contributed by atoms with Gasteiger partial charge in [0.25, 0.3) is 10.2 Å². The van der Waals surface area contributed by atoms with Crippen LogP contribution in [0.2, 0.25) is 0 Å². The second kappa shape index (κ2) is 7.49. The van der Waals surface area contributed by atoms with E-state index in [0.717, 1.165) is 11.4 Å². The predicted octanol–water partition coefficient (Wildman–Crippen LogP) is 1.17. The van der Waals surface area contributed by atoms with E-state index < -0.39 is 10.2 Å². The first-order valence-electron chi connectivity index (χ1n) is 8.70. The van der Waals surface area contributed by atoms with Gasteiger partial charge in [0.15, 0.2) is 0 Å². The lowest BCUT2D eigenvalue weighted by Crippen LogP contribution is -2.57. The van der Waals surface area contributed by atoms with E-state index in [9.17, 15) is 8.42 Å². The van der Waals surface area contributed by atoms with Gasteiger partial charge in [-0.05, 0) is 26.0 Å². The number of methoxy groups -OCH3 is 1. The molecule has 2 saturated heterocycles. The minimum absolute atomic E-state index is 0.0756. The van der Waals surface area contributed by atoms with E-state index in [1.165, 1.54) is 0 Å². The van der Waals surface area contributed by atoms with Gasteiger partial charge >= 0.3 is 0 Å². The van der Waals surface area contributed by atoms with Gasteiger partial charge in [-0.1, -0.05) is 12.1 Å². The SMILES string of the molecule is COc1ccccc1N1CCN(S(=O)(=O)N2C[C@@H](C)O[C@H](C)C2)CC1. The molecule has 2 atom stereocenters. The molecule has 0 N–H and O–H groups in total. The number of anilines is 1. The van der Waals surface area contributed by atoms with E-state index in [1.54, 1.807) is 15.7 Å². The Hall–Kier alpha value is -1.35. The van der Waals surface area contributed by atoms with E-state index in [0.29, 0.717) is 39.3 Å². The molecule has 0 radical (unpaired) electrons. The van der Waals surface area contributed by atoms with Gasteiger partial charge in [0, 0.05) is 39.3 Å². The number of hydrogen-bond acceptors (Lipinski definition) is 5. The quantitative estimate of drug-likeness (QED) is 0.797. The van der Waals surface area contributed by atoms with Gasteiger partial charge in [0.1, 0.15) is 5.75 Å². The second-order valence-electron chi connectivity index (χ2n) is 6.64. The van der Waals surface area contributed by atoms with Crippen molar-refractivity contribution in [2.45, 2.75) is 26.1 Å². The van der Waals surface area contributed by atoms with Crippen LogP contribution in [0, 0.1) is 0 Å². The molecule has 1 aromatic rings. The number of ether oxygens (including phenoxy) is 2. The zero-order valence-corrected chi connectivity index (χ0v) is 15.9. The van der Waals surface area contributed by atoms with E-state index in [2.05, 4.69) is 4.90 Å². The molecule has 0 aliphatic carbocycles. The highest BCUT2D eigenvalue weighted by atomic mass is 32.2. The standard InChI is InChI=1S/C17H27N3O4S/c1-14-12-20(13-15(2)24-14)25(21,22)19-10-8-18(9-11-19)16-6-4-5-7-17(16)23-3/h4-7,14-15H,8-13H2,1-3H3/t14-,15-/m1/s1. The van der Waals surface area contributed by atoms with Crippen LogP contribution in [0.15, 0.2) is 24.3 Å². The van der Waals surface area contributed by atoms with Crippen molar-refractivity contribution >= 4 is 15.9 Å². The van der Waals surface area contributed by atoms with Crippen molar-refractivity contribution in [3.63, 3.8) is 0 Å². The van der Waals surface area contributed by atoms with Crippen molar-refractivity contribution in [2.24, 2.45) is 0 Å². The molecule has 2 aliphatic heterocycles. The zero-order chi connectivity index (χ0) is 18.0. The Kier molecular flexibility index (Phi) is 5.52. The van der Waals surface area contributed by atoms with Gasteiger partial charge < -0.3 is 14.4 Å². The molecule has 1 aromatic carbocycles. The second-order valence-corrected chi connectivity index (χ2v) is 8.57. The first kappa shape index (κ1) is 18.4. The van der Waals surface area contributed by atoms with Crippen LogP contribution in [0.5, 0.6) is 5.75 Å². The fraction of sp³-hybridized carbons (Fsp3) is 0.647. The van der Waals surface area contributed by atoms with Crippen molar-refractivity contribution in [3.8, 4) is 5.75 Å². The van der Waals surface area contributed by atoms with Crippen LogP contribution < -0.4 is 9.64 Å². The van der Waals surface area contributed by atoms with Crippen LogP contribution in [0.25, 0.3) is 0 Å². The third kappa shape index (κ3) is 3.92. The van der Waals surface area contributed by atoms with Crippen LogP contribution in [0.1, 0.15) is 13.8 Å². The molecule has 2 aliphatic rings. The molecule has 8 heteroatoms. The molecule has 25 heavy (non-hydrogen) atoms. The normalized spacial score (nSPS) is 26.6. The predicted molar refractivity (Wildman–Crippen MR) is 97.3 cm³/mol. The molecule has 3 rings (SSSR count). The summed E-state index contributed by atoms with van der Waals surface area (Å²) in [5, 5.41) is 0. The molecular weight excluding hydrogens is 342 g/mol. The molecule has 2 heterocycles. The smallest absolute Gasteiger partial charge is 0.282 e. The van der Waals surface area contributed by atoms with Gasteiger partial charge in [-0.15, -0.1) is 0 Å². The summed E-state index contributed by atoms with van der Waals surface area (Å²) in [7, 11) is -1.79. The lowest BCUT2D eigenvalue weighted by molar-refractivity contribution is -0.0455. The number of hydrogen-bond donors (Lipinski definition) is 0. The topological polar surface area (TPSA) is 62.3 Å². The van der Waals surface area contributed by atoms with E-state index in [1.807, 2.05) is 38.1 Å². The summed E-state index contributed by atoms with van der Waals surface area (Å²) in [5.74, 6) is 0.814. The highest BCUT2D eigenvalue weighted by Crippen LogP contribution is 2.29. The number of nitrogens with zero attached hydrogens (tertiary/aromatic N) is 3. The van der Waals surface area contributed by atoms with E-state index >= 15 is 0 Å². The molecular formula is C17H27N3O4S. The summed E-state index contributed by atoms with van der Waals surface area (Å²) in [6.45, 7) is 6.90. The maximum Gasteiger partial charge on any atom is 0.282 e. The van der Waals surface area contributed by atoms with Crippen molar-refractivity contribution in [1.29, 1.82) is 0 Å². The Morgan fingerprint density at radius 2 is 1.60 bits per heavy atom. The van der Waals surface area contributed by atoms with Crippen molar-refractivity contribution in [1.82, 2.24) is 8.61 Å². The zero-order valence-electron chi connectivity index (χ0n) is 15.1. The Balaban J connectivity index is 1.67. The summed E-state index contributed by atoms with van der Waals surface area (Å²) in [6.07, 6.45) is -0.151. The highest BCUT2D eigenvalue weighted by Gasteiger charge is 2.36. The third-order valence-corrected chi connectivity index (χ3v) is 6.67. The molecule has 0 amide bonds. The van der Waals surface area contributed by atoms with Crippen molar-refractivity contribution in [3.05, 3.63) is 24.3 Å². The summed E-state index contributed by atoms with van der Waals surface area (Å²) in [6, 6.07) is 7.84. The molecule has 0 bridgehead atoms. The average molecular weight is 369 g/mol. The molecule has 7 nitrogen and oxygen atoms in total. The van der Waals surface area contributed by atoms with Gasteiger partial charge in [-0.25, -0.2) is 0 Å². The van der Waals surface area contributed by atoms with E-state index in [4.69, 9.17) is 9.47 Å². The maximum absolute atomic E-state index is 13.0. The summed E-state index contributed by atoms with van der Waals surface area (Å²) in [5.41, 5.74) is 1.01. The molecule has 2 fully saturated rings. The summed E-state index contributed by atoms with van der Waals surface area (Å²) >= 11 is 0. The minimum Gasteiger partial charge on any atom is -0.495 e. The highest BCUT2D eigenvalue weighted by molar-refractivity contribution is 7.86. The number of benzene rings is 1. The lowest BCUT2D eigenvalue weighted by Gasteiger charge is -2.41. The largest absolute Gasteiger partial charge is 0.495 e. The first-order valence-corrected chi connectivity index (χ1v) is 10.1. The Labute approximate surface area is 150 Å². The maximum atomic E-state index is 13.0. The average Bonchev–Trinajstić information content (AvgIpc) is 2.61. The fourth-order valence-corrected chi connectivity index (χ4v) is 5.28. The minimum atomic E-state index is -3.44. The van der Waals surface area contributed by atoms with Crippen LogP contribution in [0.4, 0.5) is 5.69 Å². The molecule has 140 valence electrons. The fourth-order valence-electron chi connectivity index (χ4n) is 3.53. The Bertz CT molecular complexity index is 679. The van der Waals surface area contributed by atoms with Gasteiger partial charge in [0.2, 0.25) is 0 Å². The molecule has 0 aromatic heterocycles. The van der Waals surface area contributed by atoms with Gasteiger partial charge in [0.05, 0.1) is 25.0 Å². The van der Waals surface area contributed by atoms with Crippen molar-refractivity contribution in [2.75, 3.05) is 51.3 Å². The molecule has 0 saturated carbocycles. The number of piperazine rings is 1. The Morgan fingerprint density at radius 1 is 1.00 bits per heavy atom. The molecule has 0 spiro atoms. The number of morpholine rings is 1. The summed E-state index contributed by atoms with van der Waals surface area (Å²) in [4.78, 5) is 2.18. The van der Waals surface area contributed by atoms with Crippen molar-refractivity contribution < 1.29 is 17.9 Å². The monoisotopic (exact) mass is 369 g/mol. The third-order valence-electron chi connectivity index (χ3n) is 4.70. The Morgan fingerprint density at radius 3 is 2.20 bits per heavy atom. The van der Waals surface area contributed by atoms with Gasteiger partial charge in [-0.2, -0.15) is 17.0 Å². The van der Waals surface area contributed by atoms with Crippen LogP contribution >= 0.6 is 0 Å². The first-order chi connectivity index (χ1) is 11.9. The van der Waals surface area contributed by atoms with Crippen LogP contribution in [0.3, 0.4) is 0 Å². The summed E-state index contributed by atoms with van der Waals surface area (Å²) < 4.78 is 40.1. The molecule has 0 unspecified atom stereocenters. The lowest BCUT2D eigenvalue weighted by atomic mass is 10.2. The van der Waals surface area contributed by atoms with Gasteiger partial charge in [-0.3, -0.25) is 0 Å². The van der Waals surface area contributed by atoms with Crippen LogP contribution in [-0.4, -0.2) is 75.6 Å². The number of rotatable bonds is 4. The van der Waals surface area contributed by atoms with Crippen LogP contribution in [-0.2, 0) is 14.9 Å². The number of para-hydroxylation sites is 2. The van der Waals surface area contributed by atoms with E-state index in [-0.39, 0.29) is 12.2 Å².